The Hall–Kier alpha value is -1.84. The number of carboxylic acids is 1. The van der Waals surface area contributed by atoms with Crippen molar-refractivity contribution in [1.29, 1.82) is 0 Å². The lowest BCUT2D eigenvalue weighted by Gasteiger charge is -2.24. The minimum Gasteiger partial charge on any atom is -0.478 e. The number of rotatable bonds is 5. The number of nitrogens with zero attached hydrogens (tertiary/aromatic N) is 1. The molecule has 1 rings (SSSR count). The zero-order chi connectivity index (χ0) is 13.7. The van der Waals surface area contributed by atoms with E-state index < -0.39 is 5.97 Å². The van der Waals surface area contributed by atoms with Gasteiger partial charge in [-0.25, -0.2) is 4.79 Å². The van der Waals surface area contributed by atoms with E-state index in [0.717, 1.165) is 6.42 Å². The highest BCUT2D eigenvalue weighted by molar-refractivity contribution is 5.91. The molecule has 0 heterocycles. The molecular formula is C14H19NO3. The normalized spacial score (nSPS) is 11.9. The van der Waals surface area contributed by atoms with Crippen LogP contribution in [0.2, 0.25) is 0 Å². The number of likely N-dealkylation sites (N-methyl/N-ethyl adjacent to an activating group) is 1. The first-order valence-corrected chi connectivity index (χ1v) is 6.04. The lowest BCUT2D eigenvalue weighted by molar-refractivity contribution is -0.131. The molecule has 4 heteroatoms. The molecule has 0 bridgehead atoms. The molecule has 0 saturated carbocycles. The lowest BCUT2D eigenvalue weighted by Crippen LogP contribution is -2.35. The van der Waals surface area contributed by atoms with Crippen molar-refractivity contribution in [3.05, 3.63) is 35.4 Å². The molecule has 1 unspecified atom stereocenters. The van der Waals surface area contributed by atoms with Crippen LogP contribution in [0.15, 0.2) is 24.3 Å². The van der Waals surface area contributed by atoms with Crippen molar-refractivity contribution in [1.82, 2.24) is 4.90 Å². The van der Waals surface area contributed by atoms with Gasteiger partial charge < -0.3 is 10.0 Å². The standard InChI is InChI=1S/C14H19NO3/c1-4-10(2)15(3)13(16)9-11-7-5-6-8-12(11)14(17)18/h5-8,10H,4,9H2,1-3H3,(H,17,18). The summed E-state index contributed by atoms with van der Waals surface area (Å²) in [7, 11) is 1.75. The van der Waals surface area contributed by atoms with E-state index in [-0.39, 0.29) is 23.9 Å². The van der Waals surface area contributed by atoms with E-state index in [0.29, 0.717) is 5.56 Å². The van der Waals surface area contributed by atoms with Crippen LogP contribution >= 0.6 is 0 Å². The Balaban J connectivity index is 2.85. The maximum absolute atomic E-state index is 12.0. The van der Waals surface area contributed by atoms with Crippen LogP contribution in [0.25, 0.3) is 0 Å². The molecule has 0 saturated heterocycles. The number of hydrogen-bond acceptors (Lipinski definition) is 2. The van der Waals surface area contributed by atoms with Crippen molar-refractivity contribution in [3.63, 3.8) is 0 Å². The Morgan fingerprint density at radius 3 is 2.50 bits per heavy atom. The first kappa shape index (κ1) is 14.2. The number of hydrogen-bond donors (Lipinski definition) is 1. The van der Waals surface area contributed by atoms with Gasteiger partial charge >= 0.3 is 5.97 Å². The number of amides is 1. The molecule has 0 aliphatic heterocycles. The second-order valence-corrected chi connectivity index (χ2v) is 4.40. The highest BCUT2D eigenvalue weighted by atomic mass is 16.4. The van der Waals surface area contributed by atoms with Crippen molar-refractivity contribution in [2.75, 3.05) is 7.05 Å². The number of carboxylic acid groups (broad SMARTS) is 1. The van der Waals surface area contributed by atoms with Gasteiger partial charge in [-0.05, 0) is 25.0 Å². The van der Waals surface area contributed by atoms with E-state index in [1.54, 1.807) is 30.1 Å². The van der Waals surface area contributed by atoms with Crippen LogP contribution in [0.5, 0.6) is 0 Å². The minimum atomic E-state index is -0.996. The van der Waals surface area contributed by atoms with Gasteiger partial charge in [0.25, 0.3) is 0 Å². The van der Waals surface area contributed by atoms with Crippen LogP contribution in [0, 0.1) is 0 Å². The predicted molar refractivity (Wildman–Crippen MR) is 69.6 cm³/mol. The fourth-order valence-electron chi connectivity index (χ4n) is 1.69. The average molecular weight is 249 g/mol. The smallest absolute Gasteiger partial charge is 0.335 e. The van der Waals surface area contributed by atoms with E-state index >= 15 is 0 Å². The van der Waals surface area contributed by atoms with Crippen molar-refractivity contribution >= 4 is 11.9 Å². The monoisotopic (exact) mass is 249 g/mol. The molecule has 0 aliphatic carbocycles. The summed E-state index contributed by atoms with van der Waals surface area (Å²) in [6.07, 6.45) is 1.01. The summed E-state index contributed by atoms with van der Waals surface area (Å²) in [5.41, 5.74) is 0.758. The topological polar surface area (TPSA) is 57.6 Å². The summed E-state index contributed by atoms with van der Waals surface area (Å²) in [6, 6.07) is 6.78. The van der Waals surface area contributed by atoms with Crippen molar-refractivity contribution in [3.8, 4) is 0 Å². The molecule has 1 amide bonds. The van der Waals surface area contributed by atoms with Gasteiger partial charge in [0.2, 0.25) is 5.91 Å². The highest BCUT2D eigenvalue weighted by Crippen LogP contribution is 2.12. The van der Waals surface area contributed by atoms with E-state index in [2.05, 4.69) is 0 Å². The molecule has 0 spiro atoms. The molecule has 0 aliphatic rings. The molecule has 0 aromatic heterocycles. The summed E-state index contributed by atoms with van der Waals surface area (Å²) in [4.78, 5) is 24.7. The fourth-order valence-corrected chi connectivity index (χ4v) is 1.69. The van der Waals surface area contributed by atoms with Crippen LogP contribution in [-0.2, 0) is 11.2 Å². The van der Waals surface area contributed by atoms with E-state index in [9.17, 15) is 9.59 Å². The molecule has 1 aromatic rings. The second kappa shape index (κ2) is 6.19. The molecular weight excluding hydrogens is 230 g/mol. The summed E-state index contributed by atoms with van der Waals surface area (Å²) >= 11 is 0. The third kappa shape index (κ3) is 3.32. The average Bonchev–Trinajstić information content (AvgIpc) is 2.37. The third-order valence-electron chi connectivity index (χ3n) is 3.23. The largest absolute Gasteiger partial charge is 0.478 e. The molecule has 1 atom stereocenters. The number of benzene rings is 1. The Kier molecular flexibility index (Phi) is 4.89. The summed E-state index contributed by atoms with van der Waals surface area (Å²) in [5.74, 6) is -1.05. The van der Waals surface area contributed by atoms with Gasteiger partial charge in [0.05, 0.1) is 12.0 Å². The van der Waals surface area contributed by atoms with Gasteiger partial charge in [-0.3, -0.25) is 4.79 Å². The SMILES string of the molecule is CCC(C)N(C)C(=O)Cc1ccccc1C(=O)O. The zero-order valence-corrected chi connectivity index (χ0v) is 11.0. The Morgan fingerprint density at radius 1 is 1.33 bits per heavy atom. The quantitative estimate of drug-likeness (QED) is 0.870. The molecule has 0 fully saturated rings. The van der Waals surface area contributed by atoms with Crippen LogP contribution in [-0.4, -0.2) is 35.0 Å². The van der Waals surface area contributed by atoms with Crippen molar-refractivity contribution in [2.24, 2.45) is 0 Å². The summed E-state index contributed by atoms with van der Waals surface area (Å²) < 4.78 is 0. The van der Waals surface area contributed by atoms with Gasteiger partial charge in [-0.1, -0.05) is 25.1 Å². The Morgan fingerprint density at radius 2 is 1.94 bits per heavy atom. The molecule has 1 N–H and O–H groups in total. The van der Waals surface area contributed by atoms with Gasteiger partial charge in [0, 0.05) is 13.1 Å². The first-order chi connectivity index (χ1) is 8.47. The summed E-state index contributed by atoms with van der Waals surface area (Å²) in [5, 5.41) is 9.05. The second-order valence-electron chi connectivity index (χ2n) is 4.40. The number of carbonyl (C=O) groups excluding carboxylic acids is 1. The predicted octanol–water partition coefficient (Wildman–Crippen LogP) is 2.18. The lowest BCUT2D eigenvalue weighted by atomic mass is 10.0. The van der Waals surface area contributed by atoms with Crippen LogP contribution in [0.3, 0.4) is 0 Å². The Bertz CT molecular complexity index is 442. The highest BCUT2D eigenvalue weighted by Gasteiger charge is 2.17. The maximum Gasteiger partial charge on any atom is 0.335 e. The van der Waals surface area contributed by atoms with Crippen LogP contribution in [0.4, 0.5) is 0 Å². The van der Waals surface area contributed by atoms with Crippen LogP contribution in [0.1, 0.15) is 36.2 Å². The van der Waals surface area contributed by atoms with E-state index in [4.69, 9.17) is 5.11 Å². The third-order valence-corrected chi connectivity index (χ3v) is 3.23. The molecule has 98 valence electrons. The van der Waals surface area contributed by atoms with E-state index in [1.165, 1.54) is 6.07 Å². The van der Waals surface area contributed by atoms with Gasteiger partial charge in [-0.15, -0.1) is 0 Å². The van der Waals surface area contributed by atoms with Crippen molar-refractivity contribution < 1.29 is 14.7 Å². The van der Waals surface area contributed by atoms with Crippen molar-refractivity contribution in [2.45, 2.75) is 32.7 Å². The number of aromatic carboxylic acids is 1. The van der Waals surface area contributed by atoms with Crippen LogP contribution < -0.4 is 0 Å². The zero-order valence-electron chi connectivity index (χ0n) is 11.0. The molecule has 18 heavy (non-hydrogen) atoms. The molecule has 0 radical (unpaired) electrons. The van der Waals surface area contributed by atoms with Gasteiger partial charge in [0.15, 0.2) is 0 Å². The van der Waals surface area contributed by atoms with Gasteiger partial charge in [0.1, 0.15) is 0 Å². The molecule has 4 nitrogen and oxygen atoms in total. The fraction of sp³-hybridized carbons (Fsp3) is 0.429. The van der Waals surface area contributed by atoms with E-state index in [1.807, 2.05) is 13.8 Å². The minimum absolute atomic E-state index is 0.0574. The first-order valence-electron chi connectivity index (χ1n) is 6.04. The number of carbonyl (C=O) groups is 2. The molecule has 1 aromatic carbocycles. The van der Waals surface area contributed by atoms with Gasteiger partial charge in [-0.2, -0.15) is 0 Å². The maximum atomic E-state index is 12.0. The Labute approximate surface area is 107 Å². The summed E-state index contributed by atoms with van der Waals surface area (Å²) in [6.45, 7) is 3.99.